The number of aliphatic hydroxyl groups is 1. The zero-order valence-electron chi connectivity index (χ0n) is 15.6. The predicted molar refractivity (Wildman–Crippen MR) is 106 cm³/mol. The Hall–Kier alpha value is -1.66. The fraction of sp³-hybridized carbons (Fsp3) is 0.429. The van der Waals surface area contributed by atoms with Gasteiger partial charge in [-0.05, 0) is 31.2 Å². The molecule has 1 aliphatic rings. The molecule has 1 N–H and O–H groups in total. The second-order valence-electron chi connectivity index (χ2n) is 7.05. The van der Waals surface area contributed by atoms with Crippen molar-refractivity contribution in [3.63, 3.8) is 0 Å². The normalized spacial score (nSPS) is 17.0. The van der Waals surface area contributed by atoms with E-state index < -0.39 is 6.10 Å². The molecule has 0 bridgehead atoms. The Morgan fingerprint density at radius 3 is 2.41 bits per heavy atom. The fourth-order valence-corrected chi connectivity index (χ4v) is 3.44. The molecule has 1 fully saturated rings. The fourth-order valence-electron chi connectivity index (χ4n) is 3.21. The molecule has 2 aromatic carbocycles. The summed E-state index contributed by atoms with van der Waals surface area (Å²) in [4.78, 5) is 4.40. The van der Waals surface area contributed by atoms with E-state index >= 15 is 0 Å². The van der Waals surface area contributed by atoms with Crippen molar-refractivity contribution in [2.45, 2.75) is 19.6 Å². The number of halogens is 2. The van der Waals surface area contributed by atoms with Crippen molar-refractivity contribution in [1.82, 2.24) is 9.80 Å². The molecule has 0 aliphatic carbocycles. The topological polar surface area (TPSA) is 35.9 Å². The highest BCUT2D eigenvalue weighted by Crippen LogP contribution is 2.21. The van der Waals surface area contributed by atoms with E-state index in [0.717, 1.165) is 31.9 Å². The van der Waals surface area contributed by atoms with Crippen LogP contribution in [0, 0.1) is 12.7 Å². The van der Waals surface area contributed by atoms with E-state index in [9.17, 15) is 9.50 Å². The summed E-state index contributed by atoms with van der Waals surface area (Å²) in [5.74, 6) is 0.514. The van der Waals surface area contributed by atoms with Crippen LogP contribution in [-0.4, -0.2) is 60.3 Å². The highest BCUT2D eigenvalue weighted by molar-refractivity contribution is 6.31. The van der Waals surface area contributed by atoms with Crippen molar-refractivity contribution < 1.29 is 14.2 Å². The van der Waals surface area contributed by atoms with Crippen LogP contribution in [0.2, 0.25) is 5.02 Å². The lowest BCUT2D eigenvalue weighted by Gasteiger charge is -2.35. The van der Waals surface area contributed by atoms with Crippen LogP contribution in [0.4, 0.5) is 4.39 Å². The molecule has 0 unspecified atom stereocenters. The number of benzene rings is 2. The van der Waals surface area contributed by atoms with E-state index in [1.165, 1.54) is 11.6 Å². The summed E-state index contributed by atoms with van der Waals surface area (Å²) < 4.78 is 19.6. The number of hydrogen-bond acceptors (Lipinski definition) is 4. The molecule has 3 rings (SSSR count). The summed E-state index contributed by atoms with van der Waals surface area (Å²) in [5.41, 5.74) is 1.73. The van der Waals surface area contributed by atoms with Crippen molar-refractivity contribution >= 4 is 11.6 Å². The van der Waals surface area contributed by atoms with E-state index in [4.69, 9.17) is 16.3 Å². The van der Waals surface area contributed by atoms with Gasteiger partial charge in [0.05, 0.1) is 0 Å². The first-order valence-corrected chi connectivity index (χ1v) is 9.64. The molecule has 0 aromatic heterocycles. The largest absolute Gasteiger partial charge is 0.491 e. The van der Waals surface area contributed by atoms with E-state index in [1.807, 2.05) is 31.2 Å². The van der Waals surface area contributed by atoms with Crippen LogP contribution in [0.5, 0.6) is 5.75 Å². The molecule has 1 atom stereocenters. The van der Waals surface area contributed by atoms with Crippen LogP contribution in [0.25, 0.3) is 0 Å². The Kier molecular flexibility index (Phi) is 7.07. The molecule has 4 nitrogen and oxygen atoms in total. The van der Waals surface area contributed by atoms with Gasteiger partial charge in [0.25, 0.3) is 0 Å². The Morgan fingerprint density at radius 2 is 1.74 bits per heavy atom. The molecule has 6 heteroatoms. The summed E-state index contributed by atoms with van der Waals surface area (Å²) in [6.45, 7) is 6.67. The highest BCUT2D eigenvalue weighted by atomic mass is 35.5. The molecule has 0 amide bonds. The first-order chi connectivity index (χ1) is 13.0. The molecule has 0 spiro atoms. The van der Waals surface area contributed by atoms with Gasteiger partial charge in [-0.1, -0.05) is 35.4 Å². The standard InChI is InChI=1S/C21H26ClFN2O2/c1-16-5-7-18(8-6-16)27-15-17(26)13-24-9-11-25(12-10-24)14-19-20(22)3-2-4-21(19)23/h2-8,17,26H,9-15H2,1H3/t17-/m0/s1. The summed E-state index contributed by atoms with van der Waals surface area (Å²) in [6, 6.07) is 12.6. The number of nitrogens with zero attached hydrogens (tertiary/aromatic N) is 2. The van der Waals surface area contributed by atoms with Crippen LogP contribution >= 0.6 is 11.6 Å². The van der Waals surface area contributed by atoms with Crippen LogP contribution in [-0.2, 0) is 6.54 Å². The number of aliphatic hydroxyl groups excluding tert-OH is 1. The summed E-state index contributed by atoms with van der Waals surface area (Å²) >= 11 is 6.12. The lowest BCUT2D eigenvalue weighted by Crippen LogP contribution is -2.48. The van der Waals surface area contributed by atoms with E-state index in [-0.39, 0.29) is 12.4 Å². The Balaban J connectivity index is 1.40. The number of piperazine rings is 1. The van der Waals surface area contributed by atoms with Gasteiger partial charge in [0.1, 0.15) is 24.3 Å². The molecular weight excluding hydrogens is 367 g/mol. The van der Waals surface area contributed by atoms with Gasteiger partial charge in [-0.2, -0.15) is 0 Å². The van der Waals surface area contributed by atoms with Crippen LogP contribution < -0.4 is 4.74 Å². The molecule has 27 heavy (non-hydrogen) atoms. The molecule has 0 radical (unpaired) electrons. The molecule has 146 valence electrons. The number of rotatable bonds is 7. The summed E-state index contributed by atoms with van der Waals surface area (Å²) in [5, 5.41) is 10.7. The first kappa shape index (κ1) is 20.1. The second kappa shape index (κ2) is 9.51. The Bertz CT molecular complexity index is 713. The third-order valence-electron chi connectivity index (χ3n) is 4.84. The Labute approximate surface area is 165 Å². The van der Waals surface area contributed by atoms with Gasteiger partial charge in [0, 0.05) is 49.9 Å². The Morgan fingerprint density at radius 1 is 1.07 bits per heavy atom. The molecule has 1 saturated heterocycles. The molecular formula is C21H26ClFN2O2. The van der Waals surface area contributed by atoms with Crippen LogP contribution in [0.1, 0.15) is 11.1 Å². The van der Waals surface area contributed by atoms with Crippen molar-refractivity contribution in [2.75, 3.05) is 39.3 Å². The van der Waals surface area contributed by atoms with E-state index in [0.29, 0.717) is 23.7 Å². The lowest BCUT2D eigenvalue weighted by molar-refractivity contribution is 0.0444. The van der Waals surface area contributed by atoms with Gasteiger partial charge in [-0.15, -0.1) is 0 Å². The van der Waals surface area contributed by atoms with Crippen molar-refractivity contribution in [1.29, 1.82) is 0 Å². The van der Waals surface area contributed by atoms with E-state index in [1.54, 1.807) is 12.1 Å². The molecule has 1 heterocycles. The van der Waals surface area contributed by atoms with Crippen molar-refractivity contribution in [3.8, 4) is 5.75 Å². The minimum atomic E-state index is -0.543. The quantitative estimate of drug-likeness (QED) is 0.784. The zero-order valence-corrected chi connectivity index (χ0v) is 16.3. The number of β-amino-alcohol motifs (C(OH)–C–C–N with tert-alkyl or cyclic N) is 1. The third kappa shape index (κ3) is 5.91. The van der Waals surface area contributed by atoms with Gasteiger partial charge in [-0.25, -0.2) is 4.39 Å². The van der Waals surface area contributed by atoms with E-state index in [2.05, 4.69) is 9.80 Å². The average molecular weight is 393 g/mol. The summed E-state index contributed by atoms with van der Waals surface area (Å²) in [7, 11) is 0. The predicted octanol–water partition coefficient (Wildman–Crippen LogP) is 3.35. The SMILES string of the molecule is Cc1ccc(OC[C@@H](O)CN2CCN(Cc3c(F)cccc3Cl)CC2)cc1. The lowest BCUT2D eigenvalue weighted by atomic mass is 10.1. The second-order valence-corrected chi connectivity index (χ2v) is 7.46. The maximum Gasteiger partial charge on any atom is 0.129 e. The number of aryl methyl sites for hydroxylation is 1. The highest BCUT2D eigenvalue weighted by Gasteiger charge is 2.21. The molecule has 1 aliphatic heterocycles. The maximum atomic E-state index is 13.9. The monoisotopic (exact) mass is 392 g/mol. The van der Waals surface area contributed by atoms with Gasteiger partial charge < -0.3 is 9.84 Å². The van der Waals surface area contributed by atoms with Gasteiger partial charge in [-0.3, -0.25) is 9.80 Å². The zero-order chi connectivity index (χ0) is 19.2. The molecule has 2 aromatic rings. The maximum absolute atomic E-state index is 13.9. The third-order valence-corrected chi connectivity index (χ3v) is 5.19. The van der Waals surface area contributed by atoms with Gasteiger partial charge in [0.15, 0.2) is 0 Å². The first-order valence-electron chi connectivity index (χ1n) is 9.26. The summed E-state index contributed by atoms with van der Waals surface area (Å²) in [6.07, 6.45) is -0.543. The van der Waals surface area contributed by atoms with Crippen molar-refractivity contribution in [3.05, 3.63) is 64.4 Å². The minimum Gasteiger partial charge on any atom is -0.491 e. The van der Waals surface area contributed by atoms with Gasteiger partial charge >= 0.3 is 0 Å². The van der Waals surface area contributed by atoms with Crippen LogP contribution in [0.15, 0.2) is 42.5 Å². The van der Waals surface area contributed by atoms with Crippen molar-refractivity contribution in [2.24, 2.45) is 0 Å². The molecule has 0 saturated carbocycles. The van der Waals surface area contributed by atoms with Gasteiger partial charge in [0.2, 0.25) is 0 Å². The minimum absolute atomic E-state index is 0.256. The number of ether oxygens (including phenoxy) is 1. The average Bonchev–Trinajstić information content (AvgIpc) is 2.66. The smallest absolute Gasteiger partial charge is 0.129 e. The van der Waals surface area contributed by atoms with Crippen LogP contribution in [0.3, 0.4) is 0 Å². The number of hydrogen-bond donors (Lipinski definition) is 1.